The van der Waals surface area contributed by atoms with Gasteiger partial charge in [0.2, 0.25) is 21.9 Å². The second-order valence-electron chi connectivity index (χ2n) is 6.66. The van der Waals surface area contributed by atoms with Crippen molar-refractivity contribution < 1.29 is 13.2 Å². The number of H-pyrrole nitrogens is 2. The molecule has 30 heavy (non-hydrogen) atoms. The third kappa shape index (κ3) is 4.17. The van der Waals surface area contributed by atoms with Crippen LogP contribution in [0.3, 0.4) is 0 Å². The number of nitrogen functional groups attached to an aromatic ring is 1. The number of aromatic nitrogens is 4. The number of nitrogens with one attached hydrogen (secondary N) is 3. The molecule has 0 saturated carbocycles. The molecule has 4 rings (SSSR count). The van der Waals surface area contributed by atoms with Crippen LogP contribution in [-0.4, -0.2) is 57.4 Å². The Morgan fingerprint density at radius 3 is 2.57 bits per heavy atom. The van der Waals surface area contributed by atoms with Gasteiger partial charge in [-0.25, -0.2) is 13.4 Å². The molecule has 11 nitrogen and oxygen atoms in total. The standard InChI is InChI=1S/C17H19N7O4S2/c18-16-21-14-13(15(26)23-16)20-17(22-14)29-9-12(25)19-10-3-5-11(6-4-10)30(27,28)24-7-1-2-8-24/h3-6H,1-2,7-9H2,(H,19,25)(H4,18,20,21,22,23,26). The van der Waals surface area contributed by atoms with E-state index in [-0.39, 0.29) is 33.7 Å². The lowest BCUT2D eigenvalue weighted by atomic mass is 10.3. The van der Waals surface area contributed by atoms with E-state index in [1.807, 2.05) is 0 Å². The number of rotatable bonds is 6. The highest BCUT2D eigenvalue weighted by molar-refractivity contribution is 7.99. The van der Waals surface area contributed by atoms with Gasteiger partial charge in [0, 0.05) is 18.8 Å². The van der Waals surface area contributed by atoms with Gasteiger partial charge in [-0.15, -0.1) is 0 Å². The predicted octanol–water partition coefficient (Wildman–Crippen LogP) is 0.744. The maximum absolute atomic E-state index is 12.5. The van der Waals surface area contributed by atoms with Crippen LogP contribution in [0.1, 0.15) is 12.8 Å². The summed E-state index contributed by atoms with van der Waals surface area (Å²) in [6, 6.07) is 6.08. The first-order valence-corrected chi connectivity index (χ1v) is 11.5. The largest absolute Gasteiger partial charge is 0.369 e. The van der Waals surface area contributed by atoms with Crippen molar-refractivity contribution in [2.75, 3.05) is 29.9 Å². The lowest BCUT2D eigenvalue weighted by molar-refractivity contribution is -0.113. The minimum absolute atomic E-state index is 0.0288. The highest BCUT2D eigenvalue weighted by atomic mass is 32.2. The summed E-state index contributed by atoms with van der Waals surface area (Å²) in [5, 5.41) is 3.06. The number of fused-ring (bicyclic) bond motifs is 1. The van der Waals surface area contributed by atoms with Crippen LogP contribution in [0.15, 0.2) is 39.1 Å². The maximum atomic E-state index is 12.5. The van der Waals surface area contributed by atoms with Crippen LogP contribution in [0.25, 0.3) is 11.2 Å². The highest BCUT2D eigenvalue weighted by Crippen LogP contribution is 2.22. The van der Waals surface area contributed by atoms with Crippen LogP contribution < -0.4 is 16.6 Å². The molecule has 3 heterocycles. The molecule has 0 atom stereocenters. The third-order valence-electron chi connectivity index (χ3n) is 4.54. The number of sulfonamides is 1. The molecule has 5 N–H and O–H groups in total. The summed E-state index contributed by atoms with van der Waals surface area (Å²) in [5.74, 6) is -0.318. The SMILES string of the molecule is Nc1nc2nc(SCC(=O)Nc3ccc(S(=O)(=O)N4CCCC4)cc3)[nH]c2c(=O)[nH]1. The summed E-state index contributed by atoms with van der Waals surface area (Å²) >= 11 is 1.10. The number of amides is 1. The van der Waals surface area contributed by atoms with Crippen LogP contribution in [0.2, 0.25) is 0 Å². The monoisotopic (exact) mass is 449 g/mol. The van der Waals surface area contributed by atoms with E-state index in [0.717, 1.165) is 24.6 Å². The first-order valence-electron chi connectivity index (χ1n) is 9.11. The van der Waals surface area contributed by atoms with Crippen molar-refractivity contribution in [3.8, 4) is 0 Å². The van der Waals surface area contributed by atoms with E-state index in [9.17, 15) is 18.0 Å². The number of hydrogen-bond acceptors (Lipinski definition) is 8. The van der Waals surface area contributed by atoms with Crippen LogP contribution in [0.5, 0.6) is 0 Å². The fraction of sp³-hybridized carbons (Fsp3) is 0.294. The highest BCUT2D eigenvalue weighted by Gasteiger charge is 2.26. The molecule has 2 aromatic heterocycles. The van der Waals surface area contributed by atoms with Gasteiger partial charge in [0.1, 0.15) is 0 Å². The van der Waals surface area contributed by atoms with E-state index in [4.69, 9.17) is 5.73 Å². The molecule has 1 amide bonds. The minimum atomic E-state index is -3.49. The second kappa shape index (κ2) is 8.08. The number of aromatic amines is 2. The Balaban J connectivity index is 1.37. The third-order valence-corrected chi connectivity index (χ3v) is 7.33. The molecule has 1 fully saturated rings. The van der Waals surface area contributed by atoms with E-state index in [0.29, 0.717) is 23.9 Å². The quantitative estimate of drug-likeness (QED) is 0.400. The summed E-state index contributed by atoms with van der Waals surface area (Å²) in [5.41, 5.74) is 5.88. The number of hydrogen-bond donors (Lipinski definition) is 4. The average molecular weight is 450 g/mol. The van der Waals surface area contributed by atoms with Gasteiger partial charge >= 0.3 is 0 Å². The lowest BCUT2D eigenvalue weighted by Gasteiger charge is -2.15. The topological polar surface area (TPSA) is 167 Å². The Morgan fingerprint density at radius 2 is 1.87 bits per heavy atom. The van der Waals surface area contributed by atoms with Crippen molar-refractivity contribution in [1.29, 1.82) is 0 Å². The van der Waals surface area contributed by atoms with Gasteiger partial charge in [-0.2, -0.15) is 9.29 Å². The summed E-state index contributed by atoms with van der Waals surface area (Å²) in [7, 11) is -3.49. The first-order chi connectivity index (χ1) is 14.3. The van der Waals surface area contributed by atoms with Gasteiger partial charge in [0.05, 0.1) is 10.6 Å². The number of imidazole rings is 1. The van der Waals surface area contributed by atoms with Gasteiger partial charge in [-0.05, 0) is 37.1 Å². The Bertz CT molecular complexity index is 1250. The first kappa shape index (κ1) is 20.4. The second-order valence-corrected chi connectivity index (χ2v) is 9.57. The number of carbonyl (C=O) groups excluding carboxylic acids is 1. The number of nitrogens with zero attached hydrogens (tertiary/aromatic N) is 3. The fourth-order valence-electron chi connectivity index (χ4n) is 3.09. The van der Waals surface area contributed by atoms with E-state index in [1.54, 1.807) is 12.1 Å². The molecule has 1 saturated heterocycles. The van der Waals surface area contributed by atoms with Gasteiger partial charge in [-0.3, -0.25) is 14.6 Å². The summed E-state index contributed by atoms with van der Waals surface area (Å²) < 4.78 is 26.5. The van der Waals surface area contributed by atoms with E-state index in [1.165, 1.54) is 16.4 Å². The van der Waals surface area contributed by atoms with Crippen molar-refractivity contribution in [2.24, 2.45) is 0 Å². The number of carbonyl (C=O) groups is 1. The Hall–Kier alpha value is -2.90. The Kier molecular flexibility index (Phi) is 5.49. The van der Waals surface area contributed by atoms with Crippen molar-refractivity contribution in [3.05, 3.63) is 34.6 Å². The number of anilines is 2. The van der Waals surface area contributed by atoms with E-state index in [2.05, 4.69) is 25.3 Å². The van der Waals surface area contributed by atoms with Crippen LogP contribution in [-0.2, 0) is 14.8 Å². The maximum Gasteiger partial charge on any atom is 0.278 e. The molecule has 1 aliphatic heterocycles. The van der Waals surface area contributed by atoms with Gasteiger partial charge in [0.25, 0.3) is 5.56 Å². The van der Waals surface area contributed by atoms with Crippen LogP contribution in [0.4, 0.5) is 11.6 Å². The normalized spacial score (nSPS) is 14.9. The molecule has 1 aliphatic rings. The van der Waals surface area contributed by atoms with E-state index < -0.39 is 15.6 Å². The van der Waals surface area contributed by atoms with Crippen LogP contribution in [0, 0.1) is 0 Å². The van der Waals surface area contributed by atoms with Gasteiger partial charge in [-0.1, -0.05) is 11.8 Å². The van der Waals surface area contributed by atoms with Crippen molar-refractivity contribution in [3.63, 3.8) is 0 Å². The molecular formula is C17H19N7O4S2. The summed E-state index contributed by atoms with van der Waals surface area (Å²) in [6.07, 6.45) is 1.74. The smallest absolute Gasteiger partial charge is 0.278 e. The number of benzene rings is 1. The van der Waals surface area contributed by atoms with E-state index >= 15 is 0 Å². The zero-order chi connectivity index (χ0) is 21.3. The van der Waals surface area contributed by atoms with Crippen molar-refractivity contribution in [2.45, 2.75) is 22.9 Å². The molecule has 0 aliphatic carbocycles. The molecule has 3 aromatic rings. The van der Waals surface area contributed by atoms with Crippen molar-refractivity contribution in [1.82, 2.24) is 24.2 Å². The molecule has 13 heteroatoms. The zero-order valence-electron chi connectivity index (χ0n) is 15.7. The molecule has 1 aromatic carbocycles. The molecule has 0 unspecified atom stereocenters. The molecule has 158 valence electrons. The average Bonchev–Trinajstić information content (AvgIpc) is 3.37. The summed E-state index contributed by atoms with van der Waals surface area (Å²) in [6.45, 7) is 1.07. The molecule has 0 radical (unpaired) electrons. The summed E-state index contributed by atoms with van der Waals surface area (Å²) in [4.78, 5) is 37.4. The number of nitrogens with two attached hydrogens (primary N) is 1. The fourth-order valence-corrected chi connectivity index (χ4v) is 5.27. The molecule has 0 bridgehead atoms. The Morgan fingerprint density at radius 1 is 1.17 bits per heavy atom. The predicted molar refractivity (Wildman–Crippen MR) is 113 cm³/mol. The van der Waals surface area contributed by atoms with Gasteiger partial charge < -0.3 is 16.0 Å². The van der Waals surface area contributed by atoms with Crippen molar-refractivity contribution >= 4 is 50.5 Å². The molecular weight excluding hydrogens is 430 g/mol. The van der Waals surface area contributed by atoms with Crippen LogP contribution >= 0.6 is 11.8 Å². The van der Waals surface area contributed by atoms with Gasteiger partial charge in [0.15, 0.2) is 16.3 Å². The molecule has 0 spiro atoms. The zero-order valence-corrected chi connectivity index (χ0v) is 17.3. The number of thioether (sulfide) groups is 1. The minimum Gasteiger partial charge on any atom is -0.369 e. The Labute approximate surface area is 175 Å². The lowest BCUT2D eigenvalue weighted by Crippen LogP contribution is -2.27.